The molecule has 0 unspecified atom stereocenters. The summed E-state index contributed by atoms with van der Waals surface area (Å²) >= 11 is 1.39. The average Bonchev–Trinajstić information content (AvgIpc) is 2.97. The topological polar surface area (TPSA) is 51.2 Å². The number of aryl methyl sites for hydroxylation is 1. The summed E-state index contributed by atoms with van der Waals surface area (Å²) in [6.45, 7) is 5.97. The van der Waals surface area contributed by atoms with Crippen molar-refractivity contribution in [3.05, 3.63) is 40.3 Å². The highest BCUT2D eigenvalue weighted by molar-refractivity contribution is 7.07. The molecule has 0 saturated carbocycles. The third-order valence-electron chi connectivity index (χ3n) is 2.27. The monoisotopic (exact) mass is 278 g/mol. The first kappa shape index (κ1) is 15.2. The van der Waals surface area contributed by atoms with Crippen molar-refractivity contribution in [1.29, 1.82) is 0 Å². The van der Waals surface area contributed by atoms with Crippen LogP contribution < -0.4 is 10.1 Å². The quantitative estimate of drug-likeness (QED) is 0.930. The summed E-state index contributed by atoms with van der Waals surface area (Å²) in [7, 11) is 1.58. The average molecular weight is 278 g/mol. The van der Waals surface area contributed by atoms with Gasteiger partial charge in [-0.05, 0) is 24.6 Å². The highest BCUT2D eigenvalue weighted by atomic mass is 32.1. The van der Waals surface area contributed by atoms with Crippen molar-refractivity contribution in [2.45, 2.75) is 20.8 Å². The van der Waals surface area contributed by atoms with Gasteiger partial charge in [0.15, 0.2) is 0 Å². The highest BCUT2D eigenvalue weighted by Gasteiger charge is 2.11. The Morgan fingerprint density at radius 3 is 2.68 bits per heavy atom. The molecule has 0 bridgehead atoms. The number of aromatic nitrogens is 1. The molecule has 0 aliphatic heterocycles. The number of anilines is 1. The van der Waals surface area contributed by atoms with Gasteiger partial charge in [-0.3, -0.25) is 4.79 Å². The number of thiazole rings is 1. The zero-order chi connectivity index (χ0) is 14.3. The lowest BCUT2D eigenvalue weighted by Crippen LogP contribution is -2.12. The van der Waals surface area contributed by atoms with Gasteiger partial charge >= 0.3 is 0 Å². The van der Waals surface area contributed by atoms with Gasteiger partial charge in [0.05, 0.1) is 18.3 Å². The number of nitrogens with zero attached hydrogens (tertiary/aromatic N) is 1. The second kappa shape index (κ2) is 7.53. The van der Waals surface area contributed by atoms with Crippen molar-refractivity contribution in [3.63, 3.8) is 0 Å². The molecule has 0 saturated heterocycles. The lowest BCUT2D eigenvalue weighted by Gasteiger charge is -2.09. The van der Waals surface area contributed by atoms with E-state index in [1.807, 2.05) is 39.0 Å². The molecule has 0 spiro atoms. The van der Waals surface area contributed by atoms with Gasteiger partial charge in [0.25, 0.3) is 5.91 Å². The van der Waals surface area contributed by atoms with E-state index in [2.05, 4.69) is 10.3 Å². The third-order valence-corrected chi connectivity index (χ3v) is 2.86. The molecule has 0 atom stereocenters. The van der Waals surface area contributed by atoms with Gasteiger partial charge < -0.3 is 10.1 Å². The largest absolute Gasteiger partial charge is 0.495 e. The number of amides is 1. The molecule has 0 aliphatic carbocycles. The molecule has 2 rings (SSSR count). The summed E-state index contributed by atoms with van der Waals surface area (Å²) in [4.78, 5) is 15.8. The van der Waals surface area contributed by atoms with E-state index >= 15 is 0 Å². The van der Waals surface area contributed by atoms with Crippen LogP contribution in [-0.2, 0) is 0 Å². The fourth-order valence-electron chi connectivity index (χ4n) is 1.41. The number of methoxy groups -OCH3 is 1. The van der Waals surface area contributed by atoms with Crippen LogP contribution >= 0.6 is 11.3 Å². The molecule has 1 amide bonds. The van der Waals surface area contributed by atoms with Crippen molar-refractivity contribution in [2.24, 2.45) is 0 Å². The van der Waals surface area contributed by atoms with Crippen LogP contribution in [0, 0.1) is 6.92 Å². The number of rotatable bonds is 3. The summed E-state index contributed by atoms with van der Waals surface area (Å²) in [5, 5.41) is 4.48. The van der Waals surface area contributed by atoms with E-state index in [-0.39, 0.29) is 5.91 Å². The minimum absolute atomic E-state index is 0.228. The number of benzene rings is 1. The maximum Gasteiger partial charge on any atom is 0.275 e. The van der Waals surface area contributed by atoms with Crippen LogP contribution in [0.3, 0.4) is 0 Å². The Morgan fingerprint density at radius 2 is 2.11 bits per heavy atom. The van der Waals surface area contributed by atoms with E-state index in [0.717, 1.165) is 5.56 Å². The maximum absolute atomic E-state index is 11.8. The van der Waals surface area contributed by atoms with Crippen LogP contribution in [0.15, 0.2) is 29.1 Å². The van der Waals surface area contributed by atoms with E-state index in [0.29, 0.717) is 17.1 Å². The van der Waals surface area contributed by atoms with E-state index in [9.17, 15) is 4.79 Å². The molecule has 1 heterocycles. The fourth-order valence-corrected chi connectivity index (χ4v) is 1.94. The minimum atomic E-state index is -0.228. The fraction of sp³-hybridized carbons (Fsp3) is 0.286. The maximum atomic E-state index is 11.8. The second-order valence-corrected chi connectivity index (χ2v) is 4.25. The van der Waals surface area contributed by atoms with Crippen LogP contribution in [0.4, 0.5) is 5.69 Å². The Bertz CT molecular complexity index is 524. The standard InChI is InChI=1S/C12H12N2O2S.C2H6/c1-8-3-4-9(11(5-8)16-2)14-12(15)10-6-17-7-13-10;1-2/h3-7H,1-2H3,(H,14,15);1-2H3. The zero-order valence-electron chi connectivity index (χ0n) is 11.6. The van der Waals surface area contributed by atoms with Crippen molar-refractivity contribution >= 4 is 22.9 Å². The number of hydrogen-bond acceptors (Lipinski definition) is 4. The first-order valence-corrected chi connectivity index (χ1v) is 6.99. The van der Waals surface area contributed by atoms with Crippen molar-refractivity contribution in [2.75, 3.05) is 12.4 Å². The first-order chi connectivity index (χ1) is 9.20. The molecule has 5 heteroatoms. The third kappa shape index (κ3) is 4.06. The molecule has 0 aliphatic rings. The van der Waals surface area contributed by atoms with E-state index < -0.39 is 0 Å². The molecule has 1 aromatic carbocycles. The zero-order valence-corrected chi connectivity index (χ0v) is 12.4. The molecule has 0 radical (unpaired) electrons. The number of carbonyl (C=O) groups excluding carboxylic acids is 1. The number of carbonyl (C=O) groups is 1. The van der Waals surface area contributed by atoms with Crippen LogP contribution in [0.2, 0.25) is 0 Å². The van der Waals surface area contributed by atoms with Gasteiger partial charge in [0, 0.05) is 5.38 Å². The van der Waals surface area contributed by atoms with Crippen LogP contribution in [0.1, 0.15) is 29.9 Å². The highest BCUT2D eigenvalue weighted by Crippen LogP contribution is 2.25. The molecule has 1 N–H and O–H groups in total. The van der Waals surface area contributed by atoms with Gasteiger partial charge in [0.2, 0.25) is 0 Å². The molecule has 0 fully saturated rings. The van der Waals surface area contributed by atoms with Crippen LogP contribution in [-0.4, -0.2) is 18.0 Å². The summed E-state index contributed by atoms with van der Waals surface area (Å²) < 4.78 is 5.21. The molecule has 4 nitrogen and oxygen atoms in total. The predicted molar refractivity (Wildman–Crippen MR) is 79.1 cm³/mol. The molecular weight excluding hydrogens is 260 g/mol. The Kier molecular flexibility index (Phi) is 6.02. The van der Waals surface area contributed by atoms with Crippen molar-refractivity contribution in [3.8, 4) is 5.75 Å². The summed E-state index contributed by atoms with van der Waals surface area (Å²) in [5.41, 5.74) is 3.77. The summed E-state index contributed by atoms with van der Waals surface area (Å²) in [6, 6.07) is 5.61. The molecule has 102 valence electrons. The van der Waals surface area contributed by atoms with Crippen molar-refractivity contribution < 1.29 is 9.53 Å². The van der Waals surface area contributed by atoms with Crippen LogP contribution in [0.5, 0.6) is 5.75 Å². The van der Waals surface area contributed by atoms with Gasteiger partial charge in [0.1, 0.15) is 11.4 Å². The Hall–Kier alpha value is -1.88. The van der Waals surface area contributed by atoms with Gasteiger partial charge in [-0.25, -0.2) is 4.98 Å². The van der Waals surface area contributed by atoms with E-state index in [1.54, 1.807) is 18.0 Å². The van der Waals surface area contributed by atoms with Gasteiger partial charge in [-0.1, -0.05) is 19.9 Å². The number of ether oxygens (including phenoxy) is 1. The number of hydrogen-bond donors (Lipinski definition) is 1. The SMILES string of the molecule is CC.COc1cc(C)ccc1NC(=O)c1cscn1. The predicted octanol–water partition coefficient (Wildman–Crippen LogP) is 3.74. The Balaban J connectivity index is 0.000000861. The van der Waals surface area contributed by atoms with Gasteiger partial charge in [-0.2, -0.15) is 0 Å². The summed E-state index contributed by atoms with van der Waals surface area (Å²) in [5.74, 6) is 0.419. The van der Waals surface area contributed by atoms with Crippen LogP contribution in [0.25, 0.3) is 0 Å². The molecule has 2 aromatic rings. The Labute approximate surface area is 117 Å². The molecule has 1 aromatic heterocycles. The minimum Gasteiger partial charge on any atom is -0.495 e. The first-order valence-electron chi connectivity index (χ1n) is 6.05. The van der Waals surface area contributed by atoms with Crippen molar-refractivity contribution in [1.82, 2.24) is 4.98 Å². The van der Waals surface area contributed by atoms with Gasteiger partial charge in [-0.15, -0.1) is 11.3 Å². The lowest BCUT2D eigenvalue weighted by atomic mass is 10.2. The Morgan fingerprint density at radius 1 is 1.37 bits per heavy atom. The second-order valence-electron chi connectivity index (χ2n) is 3.53. The van der Waals surface area contributed by atoms with E-state index in [1.165, 1.54) is 11.3 Å². The lowest BCUT2D eigenvalue weighted by molar-refractivity contribution is 0.102. The smallest absolute Gasteiger partial charge is 0.275 e. The molecule has 19 heavy (non-hydrogen) atoms. The molecular formula is C14H18N2O2S. The van der Waals surface area contributed by atoms with E-state index in [4.69, 9.17) is 4.74 Å². The normalized spacial score (nSPS) is 9.26. The summed E-state index contributed by atoms with van der Waals surface area (Å²) in [6.07, 6.45) is 0. The number of nitrogens with one attached hydrogen (secondary N) is 1.